The Labute approximate surface area is 73.0 Å². The van der Waals surface area contributed by atoms with Crippen LogP contribution < -0.4 is 4.90 Å². The second kappa shape index (κ2) is 3.19. The van der Waals surface area contributed by atoms with Gasteiger partial charge in [0, 0.05) is 13.2 Å². The molecule has 0 radical (unpaired) electrons. The fourth-order valence-electron chi connectivity index (χ4n) is 0.962. The Kier molecular flexibility index (Phi) is 2.43. The average molecular weight is 168 g/mol. The number of nitrogens with one attached hydrogen (secondary N) is 1. The van der Waals surface area contributed by atoms with Crippen LogP contribution in [-0.2, 0) is 0 Å². The Balaban J connectivity index is 2.78. The molecule has 0 aliphatic carbocycles. The van der Waals surface area contributed by atoms with Crippen molar-refractivity contribution in [3.63, 3.8) is 0 Å². The lowest BCUT2D eigenvalue weighted by atomic mass is 10.1. The molecule has 0 aromatic carbocycles. The van der Waals surface area contributed by atoms with Crippen LogP contribution in [0.1, 0.15) is 13.8 Å². The molecule has 1 aromatic heterocycles. The van der Waals surface area contributed by atoms with Crippen LogP contribution in [0.3, 0.4) is 0 Å². The number of anilines is 1. The van der Waals surface area contributed by atoms with Crippen molar-refractivity contribution in [2.75, 3.05) is 18.6 Å². The van der Waals surface area contributed by atoms with E-state index in [1.807, 2.05) is 44.1 Å². The van der Waals surface area contributed by atoms with Gasteiger partial charge in [-0.05, 0) is 26.0 Å². The van der Waals surface area contributed by atoms with E-state index in [9.17, 15) is 0 Å². The third kappa shape index (κ3) is 1.61. The standard InChI is InChI=1S/C9H16N2O/c1-9(2,7-12)11(3)8-5-4-6-10-8/h4-6,10,12H,7H2,1-3H3. The van der Waals surface area contributed by atoms with E-state index < -0.39 is 0 Å². The van der Waals surface area contributed by atoms with Crippen molar-refractivity contribution in [1.82, 2.24) is 4.98 Å². The van der Waals surface area contributed by atoms with Crippen molar-refractivity contribution in [2.45, 2.75) is 19.4 Å². The van der Waals surface area contributed by atoms with Gasteiger partial charge in [-0.25, -0.2) is 0 Å². The minimum absolute atomic E-state index is 0.141. The molecule has 0 atom stereocenters. The molecular weight excluding hydrogens is 152 g/mol. The van der Waals surface area contributed by atoms with E-state index in [2.05, 4.69) is 4.98 Å². The van der Waals surface area contributed by atoms with Gasteiger partial charge in [0.15, 0.2) is 0 Å². The van der Waals surface area contributed by atoms with Crippen molar-refractivity contribution < 1.29 is 5.11 Å². The molecule has 0 bridgehead atoms. The molecule has 3 nitrogen and oxygen atoms in total. The van der Waals surface area contributed by atoms with Gasteiger partial charge in [-0.1, -0.05) is 0 Å². The Morgan fingerprint density at radius 3 is 2.67 bits per heavy atom. The summed E-state index contributed by atoms with van der Waals surface area (Å²) in [6.07, 6.45) is 1.87. The zero-order valence-electron chi connectivity index (χ0n) is 7.83. The van der Waals surface area contributed by atoms with Crippen LogP contribution in [0.2, 0.25) is 0 Å². The third-order valence-corrected chi connectivity index (χ3v) is 2.24. The van der Waals surface area contributed by atoms with E-state index in [0.29, 0.717) is 0 Å². The van der Waals surface area contributed by atoms with Crippen molar-refractivity contribution in [1.29, 1.82) is 0 Å². The summed E-state index contributed by atoms with van der Waals surface area (Å²) in [5.41, 5.74) is -0.217. The maximum Gasteiger partial charge on any atom is 0.106 e. The molecule has 0 saturated heterocycles. The predicted octanol–water partition coefficient (Wildman–Crippen LogP) is 1.22. The summed E-state index contributed by atoms with van der Waals surface area (Å²) >= 11 is 0. The quantitative estimate of drug-likeness (QED) is 0.712. The molecule has 0 aliphatic rings. The number of likely N-dealkylation sites (N-methyl/N-ethyl adjacent to an activating group) is 1. The smallest absolute Gasteiger partial charge is 0.106 e. The molecule has 12 heavy (non-hydrogen) atoms. The van der Waals surface area contributed by atoms with Crippen molar-refractivity contribution in [2.24, 2.45) is 0 Å². The summed E-state index contributed by atoms with van der Waals surface area (Å²) in [5.74, 6) is 1.02. The number of aromatic nitrogens is 1. The number of hydrogen-bond acceptors (Lipinski definition) is 2. The molecule has 2 N–H and O–H groups in total. The van der Waals surface area contributed by atoms with Gasteiger partial charge < -0.3 is 15.0 Å². The van der Waals surface area contributed by atoms with Crippen molar-refractivity contribution in [3.8, 4) is 0 Å². The SMILES string of the molecule is CN(c1ccc[nH]1)C(C)(C)CO. The van der Waals surface area contributed by atoms with Gasteiger partial charge in [-0.3, -0.25) is 0 Å². The summed E-state index contributed by atoms with van der Waals surface area (Å²) in [5, 5.41) is 9.11. The molecule has 1 heterocycles. The van der Waals surface area contributed by atoms with E-state index in [0.717, 1.165) is 5.82 Å². The molecule has 3 heteroatoms. The maximum atomic E-state index is 9.11. The van der Waals surface area contributed by atoms with Crippen LogP contribution in [0.15, 0.2) is 18.3 Å². The number of aliphatic hydroxyl groups excluding tert-OH is 1. The van der Waals surface area contributed by atoms with E-state index >= 15 is 0 Å². The molecule has 1 aromatic rings. The van der Waals surface area contributed by atoms with E-state index in [1.165, 1.54) is 0 Å². The molecule has 0 aliphatic heterocycles. The minimum Gasteiger partial charge on any atom is -0.394 e. The molecular formula is C9H16N2O. The summed E-state index contributed by atoms with van der Waals surface area (Å²) in [4.78, 5) is 5.11. The van der Waals surface area contributed by atoms with Gasteiger partial charge in [0.25, 0.3) is 0 Å². The van der Waals surface area contributed by atoms with Gasteiger partial charge in [0.1, 0.15) is 5.82 Å². The molecule has 0 unspecified atom stereocenters. The fraction of sp³-hybridized carbons (Fsp3) is 0.556. The van der Waals surface area contributed by atoms with Gasteiger partial charge in [0.05, 0.1) is 12.1 Å². The van der Waals surface area contributed by atoms with Crippen LogP contribution in [0.4, 0.5) is 5.82 Å². The third-order valence-electron chi connectivity index (χ3n) is 2.24. The highest BCUT2D eigenvalue weighted by Crippen LogP contribution is 2.18. The van der Waals surface area contributed by atoms with Gasteiger partial charge >= 0.3 is 0 Å². The van der Waals surface area contributed by atoms with Crippen LogP contribution in [-0.4, -0.2) is 29.3 Å². The fourth-order valence-corrected chi connectivity index (χ4v) is 0.962. The summed E-state index contributed by atoms with van der Waals surface area (Å²) in [6, 6.07) is 3.93. The second-order valence-corrected chi connectivity index (χ2v) is 3.58. The molecule has 1 rings (SSSR count). The number of aromatic amines is 1. The zero-order chi connectivity index (χ0) is 9.19. The summed E-state index contributed by atoms with van der Waals surface area (Å²) < 4.78 is 0. The van der Waals surface area contributed by atoms with Gasteiger partial charge in [-0.15, -0.1) is 0 Å². The largest absolute Gasteiger partial charge is 0.394 e. The van der Waals surface area contributed by atoms with E-state index in [1.54, 1.807) is 0 Å². The van der Waals surface area contributed by atoms with Crippen molar-refractivity contribution in [3.05, 3.63) is 18.3 Å². The van der Waals surface area contributed by atoms with Crippen LogP contribution in [0.5, 0.6) is 0 Å². The van der Waals surface area contributed by atoms with Crippen LogP contribution >= 0.6 is 0 Å². The minimum atomic E-state index is -0.217. The highest BCUT2D eigenvalue weighted by Gasteiger charge is 2.22. The number of rotatable bonds is 3. The highest BCUT2D eigenvalue weighted by atomic mass is 16.3. The number of nitrogens with zero attached hydrogens (tertiary/aromatic N) is 1. The molecule has 0 amide bonds. The van der Waals surface area contributed by atoms with E-state index in [-0.39, 0.29) is 12.1 Å². The van der Waals surface area contributed by atoms with Crippen LogP contribution in [0.25, 0.3) is 0 Å². The lowest BCUT2D eigenvalue weighted by Crippen LogP contribution is -2.44. The first kappa shape index (κ1) is 9.13. The molecule has 0 saturated carbocycles. The first-order valence-corrected chi connectivity index (χ1v) is 4.06. The van der Waals surface area contributed by atoms with Crippen LogP contribution in [0, 0.1) is 0 Å². The Morgan fingerprint density at radius 1 is 1.58 bits per heavy atom. The first-order valence-electron chi connectivity index (χ1n) is 4.06. The number of H-pyrrole nitrogens is 1. The Hall–Kier alpha value is -0.960. The van der Waals surface area contributed by atoms with Gasteiger partial charge in [-0.2, -0.15) is 0 Å². The number of hydrogen-bond donors (Lipinski definition) is 2. The Bertz CT molecular complexity index is 229. The van der Waals surface area contributed by atoms with Gasteiger partial charge in [0.2, 0.25) is 0 Å². The second-order valence-electron chi connectivity index (χ2n) is 3.58. The summed E-state index contributed by atoms with van der Waals surface area (Å²) in [6.45, 7) is 4.13. The molecule has 0 spiro atoms. The maximum absolute atomic E-state index is 9.11. The molecule has 0 fully saturated rings. The number of aliphatic hydroxyl groups is 1. The lowest BCUT2D eigenvalue weighted by molar-refractivity contribution is 0.216. The zero-order valence-corrected chi connectivity index (χ0v) is 7.83. The van der Waals surface area contributed by atoms with Crippen molar-refractivity contribution >= 4 is 5.82 Å². The topological polar surface area (TPSA) is 39.3 Å². The molecule has 68 valence electrons. The van der Waals surface area contributed by atoms with E-state index in [4.69, 9.17) is 5.11 Å². The average Bonchev–Trinajstić information content (AvgIpc) is 2.55. The lowest BCUT2D eigenvalue weighted by Gasteiger charge is -2.34. The normalized spacial score (nSPS) is 11.7. The monoisotopic (exact) mass is 168 g/mol. The highest BCUT2D eigenvalue weighted by molar-refractivity contribution is 5.40. The predicted molar refractivity (Wildman–Crippen MR) is 50.4 cm³/mol. The first-order chi connectivity index (χ1) is 5.58. The summed E-state index contributed by atoms with van der Waals surface area (Å²) in [7, 11) is 1.96. The Morgan fingerprint density at radius 2 is 2.25 bits per heavy atom.